The predicted molar refractivity (Wildman–Crippen MR) is 86.1 cm³/mol. The van der Waals surface area contributed by atoms with Crippen molar-refractivity contribution in [3.63, 3.8) is 0 Å². The topological polar surface area (TPSA) is 71.0 Å². The minimum Gasteiger partial charge on any atom is -0.342 e. The van der Waals surface area contributed by atoms with Gasteiger partial charge in [0.1, 0.15) is 16.3 Å². The first-order chi connectivity index (χ1) is 10.5. The molecule has 114 valence electrons. The van der Waals surface area contributed by atoms with Crippen molar-refractivity contribution in [1.82, 2.24) is 15.2 Å². The summed E-state index contributed by atoms with van der Waals surface area (Å²) < 4.78 is 14.4. The number of hydrogen-bond donors (Lipinski definition) is 1. The van der Waals surface area contributed by atoms with Gasteiger partial charge < -0.3 is 4.90 Å². The number of aromatic nitrogens is 3. The minimum absolute atomic E-state index is 0.0973. The molecule has 0 atom stereocenters. The van der Waals surface area contributed by atoms with Gasteiger partial charge in [0.25, 0.3) is 0 Å². The van der Waals surface area contributed by atoms with E-state index in [1.165, 1.54) is 28.7 Å². The van der Waals surface area contributed by atoms with Crippen LogP contribution in [0.5, 0.6) is 0 Å². The summed E-state index contributed by atoms with van der Waals surface area (Å²) in [4.78, 5) is 17.9. The molecular formula is C13H12FN5OS2. The van der Waals surface area contributed by atoms with Gasteiger partial charge in [-0.2, -0.15) is 0 Å². The van der Waals surface area contributed by atoms with Gasteiger partial charge in [-0.1, -0.05) is 28.7 Å². The van der Waals surface area contributed by atoms with Crippen LogP contribution in [0.4, 0.5) is 14.7 Å². The lowest BCUT2D eigenvalue weighted by molar-refractivity contribution is -0.114. The lowest BCUT2D eigenvalue weighted by Crippen LogP contribution is -2.29. The van der Waals surface area contributed by atoms with Gasteiger partial charge in [-0.25, -0.2) is 9.37 Å². The third-order valence-corrected chi connectivity index (χ3v) is 4.73. The smallest absolute Gasteiger partial charge is 0.245 e. The maximum atomic E-state index is 13.6. The van der Waals surface area contributed by atoms with E-state index in [2.05, 4.69) is 20.5 Å². The van der Waals surface area contributed by atoms with Crippen LogP contribution in [0.2, 0.25) is 0 Å². The van der Waals surface area contributed by atoms with Crippen LogP contribution in [-0.4, -0.2) is 34.7 Å². The highest BCUT2D eigenvalue weighted by molar-refractivity contribution is 7.22. The van der Waals surface area contributed by atoms with Gasteiger partial charge in [0, 0.05) is 7.05 Å². The fourth-order valence-electron chi connectivity index (χ4n) is 1.86. The normalized spacial score (nSPS) is 10.9. The second-order valence-electron chi connectivity index (χ2n) is 4.61. The summed E-state index contributed by atoms with van der Waals surface area (Å²) in [5, 5.41) is 12.2. The van der Waals surface area contributed by atoms with E-state index < -0.39 is 0 Å². The maximum Gasteiger partial charge on any atom is 0.245 e. The molecule has 3 rings (SSSR count). The highest BCUT2D eigenvalue weighted by atomic mass is 32.1. The molecule has 0 fully saturated rings. The fourth-order valence-corrected chi connectivity index (χ4v) is 3.40. The molecular weight excluding hydrogens is 325 g/mol. The quantitative estimate of drug-likeness (QED) is 0.792. The molecule has 0 aliphatic heterocycles. The monoisotopic (exact) mass is 337 g/mol. The molecule has 0 saturated heterocycles. The Morgan fingerprint density at radius 3 is 2.86 bits per heavy atom. The van der Waals surface area contributed by atoms with E-state index in [1.807, 2.05) is 6.92 Å². The Morgan fingerprint density at radius 1 is 1.36 bits per heavy atom. The molecule has 2 heterocycles. The second-order valence-corrected chi connectivity index (χ2v) is 6.80. The van der Waals surface area contributed by atoms with Crippen molar-refractivity contribution in [3.8, 4) is 0 Å². The first-order valence-corrected chi connectivity index (χ1v) is 8.02. The number of nitrogens with one attached hydrogen (secondary N) is 1. The Bertz CT molecular complexity index is 831. The van der Waals surface area contributed by atoms with Crippen LogP contribution in [0, 0.1) is 12.7 Å². The largest absolute Gasteiger partial charge is 0.342 e. The van der Waals surface area contributed by atoms with Gasteiger partial charge in [-0.3, -0.25) is 10.1 Å². The number of hydrogen-bond acceptors (Lipinski definition) is 7. The molecule has 9 heteroatoms. The zero-order valence-corrected chi connectivity index (χ0v) is 13.5. The van der Waals surface area contributed by atoms with Crippen LogP contribution < -0.4 is 10.2 Å². The van der Waals surface area contributed by atoms with E-state index in [0.29, 0.717) is 15.8 Å². The Morgan fingerprint density at radius 2 is 2.18 bits per heavy atom. The summed E-state index contributed by atoms with van der Waals surface area (Å²) in [7, 11) is 1.74. The Kier molecular flexibility index (Phi) is 3.99. The van der Waals surface area contributed by atoms with Crippen LogP contribution in [0.25, 0.3) is 10.2 Å². The van der Waals surface area contributed by atoms with Crippen molar-refractivity contribution in [3.05, 3.63) is 29.0 Å². The number of carbonyl (C=O) groups excluding carboxylic acids is 1. The number of rotatable bonds is 4. The number of anilines is 2. The zero-order chi connectivity index (χ0) is 15.7. The van der Waals surface area contributed by atoms with Crippen molar-refractivity contribution in [2.75, 3.05) is 23.8 Å². The first kappa shape index (κ1) is 14.8. The van der Waals surface area contributed by atoms with Crippen LogP contribution in [0.3, 0.4) is 0 Å². The van der Waals surface area contributed by atoms with Crippen LogP contribution >= 0.6 is 22.7 Å². The molecule has 1 aromatic carbocycles. The van der Waals surface area contributed by atoms with Gasteiger partial charge >= 0.3 is 0 Å². The van der Waals surface area contributed by atoms with Gasteiger partial charge in [0.2, 0.25) is 11.0 Å². The number of likely N-dealkylation sites (N-methyl/N-ethyl adjacent to an activating group) is 1. The number of amides is 1. The number of para-hydroxylation sites is 1. The minimum atomic E-state index is -0.359. The van der Waals surface area contributed by atoms with Crippen molar-refractivity contribution >= 4 is 49.1 Å². The number of carbonyl (C=O) groups is 1. The average molecular weight is 337 g/mol. The summed E-state index contributed by atoms with van der Waals surface area (Å²) in [6.45, 7) is 1.91. The highest BCUT2D eigenvalue weighted by Crippen LogP contribution is 2.29. The summed E-state index contributed by atoms with van der Waals surface area (Å²) in [5.74, 6) is -0.583. The second kappa shape index (κ2) is 5.93. The molecule has 6 nitrogen and oxygen atoms in total. The van der Waals surface area contributed by atoms with Gasteiger partial charge in [0.05, 0.1) is 11.2 Å². The van der Waals surface area contributed by atoms with Crippen LogP contribution in [0.1, 0.15) is 5.01 Å². The van der Waals surface area contributed by atoms with Gasteiger partial charge in [-0.05, 0) is 19.1 Å². The molecule has 0 radical (unpaired) electrons. The maximum absolute atomic E-state index is 13.6. The Hall–Kier alpha value is -2.13. The van der Waals surface area contributed by atoms with Crippen molar-refractivity contribution in [2.24, 2.45) is 0 Å². The van der Waals surface area contributed by atoms with E-state index in [1.54, 1.807) is 24.1 Å². The summed E-state index contributed by atoms with van der Waals surface area (Å²) in [6.07, 6.45) is 0. The molecule has 0 aliphatic rings. The molecule has 3 aromatic rings. The Labute approximate surface area is 133 Å². The zero-order valence-electron chi connectivity index (χ0n) is 11.8. The summed E-state index contributed by atoms with van der Waals surface area (Å²) >= 11 is 2.65. The van der Waals surface area contributed by atoms with E-state index in [9.17, 15) is 9.18 Å². The third-order valence-electron chi connectivity index (χ3n) is 2.84. The number of thiazole rings is 1. The highest BCUT2D eigenvalue weighted by Gasteiger charge is 2.15. The summed E-state index contributed by atoms with van der Waals surface area (Å²) in [5.41, 5.74) is 0.328. The molecule has 0 aliphatic carbocycles. The number of benzene rings is 1. The van der Waals surface area contributed by atoms with Crippen LogP contribution in [0.15, 0.2) is 18.2 Å². The lowest BCUT2D eigenvalue weighted by Gasteiger charge is -2.14. The SMILES string of the molecule is Cc1nnc(NC(=O)CN(C)c2nc3c(F)cccc3s2)s1. The molecule has 0 spiro atoms. The molecule has 2 aromatic heterocycles. The van der Waals surface area contributed by atoms with E-state index in [4.69, 9.17) is 0 Å². The molecule has 0 unspecified atom stereocenters. The summed E-state index contributed by atoms with van der Waals surface area (Å²) in [6, 6.07) is 4.82. The molecule has 1 N–H and O–H groups in total. The molecule has 22 heavy (non-hydrogen) atoms. The van der Waals surface area contributed by atoms with E-state index in [0.717, 1.165) is 9.71 Å². The van der Waals surface area contributed by atoms with Gasteiger partial charge in [-0.15, -0.1) is 10.2 Å². The van der Waals surface area contributed by atoms with E-state index in [-0.39, 0.29) is 18.3 Å². The number of halogens is 1. The van der Waals surface area contributed by atoms with Crippen molar-refractivity contribution in [1.29, 1.82) is 0 Å². The third kappa shape index (κ3) is 3.04. The van der Waals surface area contributed by atoms with E-state index >= 15 is 0 Å². The average Bonchev–Trinajstić information content (AvgIpc) is 3.06. The molecule has 0 saturated carbocycles. The molecule has 1 amide bonds. The van der Waals surface area contributed by atoms with Crippen molar-refractivity contribution in [2.45, 2.75) is 6.92 Å². The number of nitrogens with zero attached hydrogens (tertiary/aromatic N) is 4. The lowest BCUT2D eigenvalue weighted by atomic mass is 10.3. The number of fused-ring (bicyclic) bond motifs is 1. The van der Waals surface area contributed by atoms with Crippen LogP contribution in [-0.2, 0) is 4.79 Å². The molecule has 0 bridgehead atoms. The Balaban J connectivity index is 1.71. The van der Waals surface area contributed by atoms with Crippen molar-refractivity contribution < 1.29 is 9.18 Å². The standard InChI is InChI=1S/C13H12FN5OS2/c1-7-17-18-12(21-7)15-10(20)6-19(2)13-16-11-8(14)4-3-5-9(11)22-13/h3-5H,6H2,1-2H3,(H,15,18,20). The van der Waals surface area contributed by atoms with Gasteiger partial charge in [0.15, 0.2) is 5.13 Å². The number of aryl methyl sites for hydroxylation is 1. The fraction of sp³-hybridized carbons (Fsp3) is 0.231. The predicted octanol–water partition coefficient (Wildman–Crippen LogP) is 2.67. The first-order valence-electron chi connectivity index (χ1n) is 6.39.